The number of hydrogen-bond donors (Lipinski definition) is 0. The van der Waals surface area contributed by atoms with E-state index in [1.165, 1.54) is 57.3 Å². The molecule has 0 saturated carbocycles. The van der Waals surface area contributed by atoms with Crippen LogP contribution >= 0.6 is 0 Å². The Morgan fingerprint density at radius 1 is 0.609 bits per heavy atom. The minimum absolute atomic E-state index is 0.362. The number of aryl methyl sites for hydroxylation is 6. The Morgan fingerprint density at radius 2 is 0.913 bits per heavy atom. The summed E-state index contributed by atoms with van der Waals surface area (Å²) < 4.78 is 0. The van der Waals surface area contributed by atoms with Crippen LogP contribution in [0.2, 0.25) is 0 Å². The highest BCUT2D eigenvalue weighted by Crippen LogP contribution is 2.41. The molecule has 0 bridgehead atoms. The van der Waals surface area contributed by atoms with Crippen LogP contribution in [-0.2, 0) is 0 Å². The van der Waals surface area contributed by atoms with Gasteiger partial charge >= 0.3 is 0 Å². The molecule has 2 aromatic rings. The summed E-state index contributed by atoms with van der Waals surface area (Å²) in [5, 5.41) is 5.23. The van der Waals surface area contributed by atoms with Gasteiger partial charge in [-0.3, -0.25) is 0 Å². The first-order valence-electron chi connectivity index (χ1n) is 8.72. The van der Waals surface area contributed by atoms with E-state index in [9.17, 15) is 0 Å². The second-order valence-electron chi connectivity index (χ2n) is 7.38. The van der Waals surface area contributed by atoms with Gasteiger partial charge in [0.2, 0.25) is 0 Å². The number of hydrogen-bond acceptors (Lipinski definition) is 0. The Bertz CT molecular complexity index is 632. The summed E-state index contributed by atoms with van der Waals surface area (Å²) in [6, 6.07) is 9.92. The molecule has 1 aliphatic rings. The van der Waals surface area contributed by atoms with E-state index in [-0.39, 0.29) is 0 Å². The lowest BCUT2D eigenvalue weighted by molar-refractivity contribution is 0.552. The van der Waals surface area contributed by atoms with Gasteiger partial charge in [-0.05, 0) is 87.8 Å². The van der Waals surface area contributed by atoms with Crippen molar-refractivity contribution in [1.29, 1.82) is 0 Å². The van der Waals surface area contributed by atoms with Crippen molar-refractivity contribution < 1.29 is 0 Å². The summed E-state index contributed by atoms with van der Waals surface area (Å²) in [5.41, 5.74) is 11.2. The highest BCUT2D eigenvalue weighted by Gasteiger charge is 2.31. The van der Waals surface area contributed by atoms with Crippen molar-refractivity contribution in [2.45, 2.75) is 66.5 Å². The summed E-state index contributed by atoms with van der Waals surface area (Å²) in [6.45, 7) is 13.3. The van der Waals surface area contributed by atoms with Gasteiger partial charge in [0.15, 0.2) is 0 Å². The molecule has 0 amide bonds. The van der Waals surface area contributed by atoms with Crippen LogP contribution in [0.15, 0.2) is 24.3 Å². The monoisotopic (exact) mass is 306 g/mol. The molecule has 1 radical (unpaired) electrons. The summed E-state index contributed by atoms with van der Waals surface area (Å²) in [6.07, 6.45) is 2.34. The van der Waals surface area contributed by atoms with Crippen LogP contribution in [0.4, 0.5) is 0 Å². The Balaban J connectivity index is 1.91. The maximum Gasteiger partial charge on any atom is 0.0508 e. The minimum Gasteiger partial charge on any atom is -0.226 e. The fraction of sp³-hybridized carbons (Fsp3) is 0.455. The van der Waals surface area contributed by atoms with Crippen molar-refractivity contribution in [2.75, 3.05) is 0 Å². The molecule has 0 spiro atoms. The van der Waals surface area contributed by atoms with E-state index in [0.717, 1.165) is 0 Å². The lowest BCUT2D eigenvalue weighted by Gasteiger charge is -2.20. The molecule has 1 fully saturated rings. The summed E-state index contributed by atoms with van der Waals surface area (Å²) in [7, 11) is 0. The molecule has 3 rings (SSSR count). The third-order valence-electron chi connectivity index (χ3n) is 5.22. The third kappa shape index (κ3) is 3.07. The molecule has 2 aromatic carbocycles. The first-order chi connectivity index (χ1) is 10.9. The van der Waals surface area contributed by atoms with Gasteiger partial charge in [0.1, 0.15) is 0 Å². The van der Waals surface area contributed by atoms with Crippen LogP contribution in [0, 0.1) is 41.5 Å². The lowest BCUT2D eigenvalue weighted by atomic mass is 9.92. The second-order valence-corrected chi connectivity index (χ2v) is 7.38. The predicted octanol–water partition coefficient (Wildman–Crippen LogP) is 5.72. The molecular formula is C22H28N. The molecule has 0 aromatic heterocycles. The van der Waals surface area contributed by atoms with Crippen molar-refractivity contribution in [3.8, 4) is 0 Å². The van der Waals surface area contributed by atoms with E-state index in [1.54, 1.807) is 0 Å². The van der Waals surface area contributed by atoms with Gasteiger partial charge in [0.25, 0.3) is 0 Å². The van der Waals surface area contributed by atoms with Crippen molar-refractivity contribution in [2.24, 2.45) is 0 Å². The van der Waals surface area contributed by atoms with Crippen molar-refractivity contribution in [3.05, 3.63) is 68.8 Å². The molecule has 2 unspecified atom stereocenters. The average molecular weight is 306 g/mol. The van der Waals surface area contributed by atoms with Crippen LogP contribution in [0.1, 0.15) is 69.4 Å². The first kappa shape index (κ1) is 16.3. The van der Waals surface area contributed by atoms with E-state index in [0.29, 0.717) is 12.1 Å². The smallest absolute Gasteiger partial charge is 0.0508 e. The number of benzene rings is 2. The first-order valence-corrected chi connectivity index (χ1v) is 8.72. The Labute approximate surface area is 141 Å². The van der Waals surface area contributed by atoms with Gasteiger partial charge in [0, 0.05) is 0 Å². The van der Waals surface area contributed by atoms with Crippen LogP contribution in [-0.4, -0.2) is 0 Å². The standard InChI is InChI=1S/C22H28N/c1-13-9-15(3)21(16(4)10-13)19-7-8-20(23-19)22-17(5)11-14(2)12-18(22)6/h9-12,19-20H,7-8H2,1-6H3. The molecule has 2 atom stereocenters. The molecule has 1 aliphatic heterocycles. The molecule has 1 saturated heterocycles. The highest BCUT2D eigenvalue weighted by molar-refractivity contribution is 5.43. The van der Waals surface area contributed by atoms with Crippen molar-refractivity contribution in [3.63, 3.8) is 0 Å². The van der Waals surface area contributed by atoms with Crippen LogP contribution in [0.3, 0.4) is 0 Å². The SMILES string of the molecule is Cc1cc(C)c(C2CCC(c3c(C)cc(C)cc3C)[N]2)c(C)c1. The summed E-state index contributed by atoms with van der Waals surface area (Å²) >= 11 is 0. The zero-order chi connectivity index (χ0) is 16.7. The van der Waals surface area contributed by atoms with E-state index in [4.69, 9.17) is 5.32 Å². The van der Waals surface area contributed by atoms with Crippen molar-refractivity contribution in [1.82, 2.24) is 5.32 Å². The van der Waals surface area contributed by atoms with Crippen LogP contribution < -0.4 is 5.32 Å². The predicted molar refractivity (Wildman–Crippen MR) is 98.2 cm³/mol. The Kier molecular flexibility index (Phi) is 4.33. The van der Waals surface area contributed by atoms with Gasteiger partial charge in [-0.2, -0.15) is 0 Å². The fourth-order valence-corrected chi connectivity index (χ4v) is 4.55. The molecule has 0 aliphatic carbocycles. The van der Waals surface area contributed by atoms with Crippen LogP contribution in [0.25, 0.3) is 0 Å². The Morgan fingerprint density at radius 3 is 1.22 bits per heavy atom. The van der Waals surface area contributed by atoms with E-state index < -0.39 is 0 Å². The molecular weight excluding hydrogens is 278 g/mol. The average Bonchev–Trinajstić information content (AvgIpc) is 2.85. The molecule has 121 valence electrons. The summed E-state index contributed by atoms with van der Waals surface area (Å²) in [5.74, 6) is 0. The van der Waals surface area contributed by atoms with Gasteiger partial charge < -0.3 is 0 Å². The third-order valence-corrected chi connectivity index (χ3v) is 5.22. The van der Waals surface area contributed by atoms with E-state index in [1.807, 2.05) is 0 Å². The largest absolute Gasteiger partial charge is 0.226 e. The van der Waals surface area contributed by atoms with E-state index in [2.05, 4.69) is 65.8 Å². The van der Waals surface area contributed by atoms with Crippen molar-refractivity contribution >= 4 is 0 Å². The second kappa shape index (κ2) is 6.13. The lowest BCUT2D eigenvalue weighted by Crippen LogP contribution is -2.14. The zero-order valence-corrected chi connectivity index (χ0v) is 15.3. The molecule has 1 heteroatoms. The quantitative estimate of drug-likeness (QED) is 0.674. The molecule has 23 heavy (non-hydrogen) atoms. The van der Waals surface area contributed by atoms with Gasteiger partial charge in [-0.1, -0.05) is 35.4 Å². The normalized spacial score (nSPS) is 21.0. The molecule has 1 nitrogen and oxygen atoms in total. The maximum absolute atomic E-state index is 5.23. The molecule has 1 heterocycles. The Hall–Kier alpha value is -1.60. The van der Waals surface area contributed by atoms with E-state index >= 15 is 0 Å². The topological polar surface area (TPSA) is 14.1 Å². The fourth-order valence-electron chi connectivity index (χ4n) is 4.55. The summed E-state index contributed by atoms with van der Waals surface area (Å²) in [4.78, 5) is 0. The van der Waals surface area contributed by atoms with Gasteiger partial charge in [-0.15, -0.1) is 0 Å². The highest BCUT2D eigenvalue weighted by atomic mass is 15.0. The maximum atomic E-state index is 5.23. The van der Waals surface area contributed by atoms with Gasteiger partial charge in [0.05, 0.1) is 12.1 Å². The zero-order valence-electron chi connectivity index (χ0n) is 15.3. The van der Waals surface area contributed by atoms with Crippen LogP contribution in [0.5, 0.6) is 0 Å². The molecule has 0 N–H and O–H groups in total. The minimum atomic E-state index is 0.362. The number of rotatable bonds is 2. The van der Waals surface area contributed by atoms with Gasteiger partial charge in [-0.25, -0.2) is 5.32 Å². The number of nitrogens with zero attached hydrogens (tertiary/aromatic N) is 1.